The van der Waals surface area contributed by atoms with Crippen molar-refractivity contribution in [2.24, 2.45) is 0 Å². The van der Waals surface area contributed by atoms with Crippen LogP contribution in [0, 0.1) is 11.2 Å². The van der Waals surface area contributed by atoms with E-state index in [0.717, 1.165) is 6.07 Å². The summed E-state index contributed by atoms with van der Waals surface area (Å²) in [6.45, 7) is 6.93. The van der Waals surface area contributed by atoms with Crippen LogP contribution in [0.2, 0.25) is 0 Å². The number of phenolic OH excluding ortho intramolecular Hbond substituents is 1. The molecule has 0 aliphatic rings. The largest absolute Gasteiger partial charge is 0.508 e. The zero-order valence-electron chi connectivity index (χ0n) is 12.2. The Balaban J connectivity index is 3.01. The first-order chi connectivity index (χ1) is 9.14. The second kappa shape index (κ2) is 6.03. The van der Waals surface area contributed by atoms with Crippen LogP contribution >= 0.6 is 0 Å². The lowest BCUT2D eigenvalue weighted by atomic mass is 9.91. The molecule has 0 spiro atoms. The van der Waals surface area contributed by atoms with Gasteiger partial charge in [0.1, 0.15) is 22.9 Å². The van der Waals surface area contributed by atoms with Crippen LogP contribution in [-0.4, -0.2) is 22.4 Å². The molecule has 0 aromatic heterocycles. The molecule has 0 heterocycles. The minimum atomic E-state index is -0.729. The summed E-state index contributed by atoms with van der Waals surface area (Å²) in [5.41, 5.74) is -0.542. The van der Waals surface area contributed by atoms with Crippen LogP contribution < -0.4 is 0 Å². The van der Waals surface area contributed by atoms with E-state index in [4.69, 9.17) is 10.1 Å². The Morgan fingerprint density at radius 2 is 2.00 bits per heavy atom. The number of phenols is 1. The molecule has 1 atom stereocenters. The van der Waals surface area contributed by atoms with Gasteiger partial charge in [-0.2, -0.15) is 0 Å². The van der Waals surface area contributed by atoms with E-state index in [-0.39, 0.29) is 11.5 Å². The average molecular weight is 281 g/mol. The third kappa shape index (κ3) is 4.33. The van der Waals surface area contributed by atoms with Gasteiger partial charge in [-0.3, -0.25) is 5.41 Å². The summed E-state index contributed by atoms with van der Waals surface area (Å²) in [6, 6.07) is 3.55. The van der Waals surface area contributed by atoms with E-state index in [9.17, 15) is 14.3 Å². The Kier molecular flexibility index (Phi) is 4.87. The molecule has 110 valence electrons. The maximum Gasteiger partial charge on any atom is 0.353 e. The number of carbonyl (C=O) groups excluding carboxylic acids is 1. The average Bonchev–Trinajstić information content (AvgIpc) is 2.26. The van der Waals surface area contributed by atoms with Crippen molar-refractivity contribution in [3.63, 3.8) is 0 Å². The van der Waals surface area contributed by atoms with Crippen molar-refractivity contribution >= 4 is 11.7 Å². The summed E-state index contributed by atoms with van der Waals surface area (Å²) in [5.74, 6) is -2.16. The Morgan fingerprint density at radius 1 is 1.40 bits per heavy atom. The van der Waals surface area contributed by atoms with Crippen LogP contribution in [0.3, 0.4) is 0 Å². The smallest absolute Gasteiger partial charge is 0.353 e. The topological polar surface area (TPSA) is 70.4 Å². The molecular formula is C15H20FNO3. The van der Waals surface area contributed by atoms with E-state index in [2.05, 4.69) is 0 Å². The number of aromatic hydroxyl groups is 1. The van der Waals surface area contributed by atoms with Gasteiger partial charge >= 0.3 is 5.97 Å². The Hall–Kier alpha value is -1.91. The number of nitrogens with one attached hydrogen (secondary N) is 1. The van der Waals surface area contributed by atoms with E-state index in [0.29, 0.717) is 12.0 Å². The van der Waals surface area contributed by atoms with Crippen LogP contribution in [0.1, 0.15) is 45.6 Å². The molecule has 0 saturated heterocycles. The van der Waals surface area contributed by atoms with E-state index >= 15 is 0 Å². The summed E-state index contributed by atoms with van der Waals surface area (Å²) in [6.07, 6.45) is 0.432. The van der Waals surface area contributed by atoms with Crippen LogP contribution in [0.5, 0.6) is 5.75 Å². The van der Waals surface area contributed by atoms with Crippen molar-refractivity contribution in [2.45, 2.75) is 45.6 Å². The van der Waals surface area contributed by atoms with Gasteiger partial charge in [-0.15, -0.1) is 0 Å². The predicted molar refractivity (Wildman–Crippen MR) is 74.7 cm³/mol. The van der Waals surface area contributed by atoms with Gasteiger partial charge in [0.15, 0.2) is 0 Å². The number of benzene rings is 1. The maximum absolute atomic E-state index is 13.3. The molecule has 1 aromatic rings. The predicted octanol–water partition coefficient (Wildman–Crippen LogP) is 3.39. The van der Waals surface area contributed by atoms with Crippen molar-refractivity contribution in [3.8, 4) is 5.75 Å². The third-order valence-electron chi connectivity index (χ3n) is 2.68. The number of carbonyl (C=O) groups is 1. The Morgan fingerprint density at radius 3 is 2.45 bits per heavy atom. The van der Waals surface area contributed by atoms with Crippen LogP contribution in [0.4, 0.5) is 4.39 Å². The lowest BCUT2D eigenvalue weighted by molar-refractivity contribution is -0.146. The second-order valence-corrected chi connectivity index (χ2v) is 5.62. The summed E-state index contributed by atoms with van der Waals surface area (Å²) < 4.78 is 18.5. The van der Waals surface area contributed by atoms with E-state index in [1.54, 1.807) is 27.7 Å². The maximum atomic E-state index is 13.3. The zero-order valence-corrected chi connectivity index (χ0v) is 12.2. The Bertz CT molecular complexity index is 500. The highest BCUT2D eigenvalue weighted by Gasteiger charge is 2.27. The van der Waals surface area contributed by atoms with Crippen LogP contribution in [-0.2, 0) is 9.53 Å². The monoisotopic (exact) mass is 281 g/mol. The van der Waals surface area contributed by atoms with Gasteiger partial charge in [0.25, 0.3) is 0 Å². The van der Waals surface area contributed by atoms with Gasteiger partial charge in [-0.1, -0.05) is 6.92 Å². The number of hydrogen-bond acceptors (Lipinski definition) is 4. The standard InChI is InChI=1S/C15H20FNO3/c1-5-12(9-6-10(16)8-11(18)7-9)13(17)14(19)20-15(2,3)4/h6-8,12,17-18H,5H2,1-4H3/t12-/m1/s1. The van der Waals surface area contributed by atoms with Gasteiger partial charge in [0.05, 0.1) is 0 Å². The van der Waals surface area contributed by atoms with Crippen molar-refractivity contribution in [3.05, 3.63) is 29.6 Å². The molecule has 0 aliphatic carbocycles. The normalized spacial score (nSPS) is 12.8. The number of halogens is 1. The van der Waals surface area contributed by atoms with Crippen LogP contribution in [0.15, 0.2) is 18.2 Å². The van der Waals surface area contributed by atoms with Gasteiger partial charge in [-0.05, 0) is 44.9 Å². The van der Waals surface area contributed by atoms with E-state index in [1.807, 2.05) is 0 Å². The van der Waals surface area contributed by atoms with Crippen molar-refractivity contribution < 1.29 is 19.0 Å². The molecule has 0 saturated carbocycles. The minimum absolute atomic E-state index is 0.226. The quantitative estimate of drug-likeness (QED) is 0.656. The molecule has 0 bridgehead atoms. The molecule has 0 radical (unpaired) electrons. The highest BCUT2D eigenvalue weighted by Crippen LogP contribution is 2.26. The summed E-state index contributed by atoms with van der Waals surface area (Å²) in [5, 5.41) is 17.4. The highest BCUT2D eigenvalue weighted by molar-refractivity contribution is 6.37. The third-order valence-corrected chi connectivity index (χ3v) is 2.68. The summed E-state index contributed by atoms with van der Waals surface area (Å²) in [4.78, 5) is 11.9. The molecular weight excluding hydrogens is 261 g/mol. The first kappa shape index (κ1) is 16.1. The number of rotatable bonds is 4. The first-order valence-electron chi connectivity index (χ1n) is 6.45. The van der Waals surface area contributed by atoms with E-state index in [1.165, 1.54) is 12.1 Å². The number of ether oxygens (including phenoxy) is 1. The first-order valence-corrected chi connectivity index (χ1v) is 6.45. The van der Waals surface area contributed by atoms with Crippen molar-refractivity contribution in [1.82, 2.24) is 0 Å². The second-order valence-electron chi connectivity index (χ2n) is 5.62. The summed E-state index contributed by atoms with van der Waals surface area (Å²) >= 11 is 0. The molecule has 5 heteroatoms. The highest BCUT2D eigenvalue weighted by atomic mass is 19.1. The lowest BCUT2D eigenvalue weighted by Gasteiger charge is -2.22. The molecule has 0 unspecified atom stereocenters. The van der Waals surface area contributed by atoms with Crippen molar-refractivity contribution in [2.75, 3.05) is 0 Å². The van der Waals surface area contributed by atoms with Gasteiger partial charge < -0.3 is 9.84 Å². The Labute approximate surface area is 118 Å². The molecule has 0 amide bonds. The minimum Gasteiger partial charge on any atom is -0.508 e. The molecule has 4 nitrogen and oxygen atoms in total. The van der Waals surface area contributed by atoms with Gasteiger partial charge in [-0.25, -0.2) is 9.18 Å². The van der Waals surface area contributed by atoms with Crippen molar-refractivity contribution in [1.29, 1.82) is 5.41 Å². The molecule has 0 fully saturated rings. The summed E-state index contributed by atoms with van der Waals surface area (Å²) in [7, 11) is 0. The molecule has 2 N–H and O–H groups in total. The fourth-order valence-corrected chi connectivity index (χ4v) is 1.88. The molecule has 1 rings (SSSR count). The fourth-order valence-electron chi connectivity index (χ4n) is 1.88. The number of hydrogen-bond donors (Lipinski definition) is 2. The lowest BCUT2D eigenvalue weighted by Crippen LogP contribution is -2.31. The number of esters is 1. The molecule has 20 heavy (non-hydrogen) atoms. The molecule has 1 aromatic carbocycles. The van der Waals surface area contributed by atoms with Gasteiger partial charge in [0, 0.05) is 12.0 Å². The van der Waals surface area contributed by atoms with Gasteiger partial charge in [0.2, 0.25) is 0 Å². The molecule has 0 aliphatic heterocycles. The fraction of sp³-hybridized carbons (Fsp3) is 0.467. The zero-order chi connectivity index (χ0) is 15.5. The SMILES string of the molecule is CC[C@@H](C(=N)C(=O)OC(C)(C)C)c1cc(O)cc(F)c1. The van der Waals surface area contributed by atoms with Crippen LogP contribution in [0.25, 0.3) is 0 Å². The van der Waals surface area contributed by atoms with E-state index < -0.39 is 23.3 Å².